The highest BCUT2D eigenvalue weighted by molar-refractivity contribution is 5.56. The van der Waals surface area contributed by atoms with Crippen molar-refractivity contribution >= 4 is 5.69 Å². The highest BCUT2D eigenvalue weighted by atomic mass is 15.3. The molecule has 25 heavy (non-hydrogen) atoms. The van der Waals surface area contributed by atoms with Gasteiger partial charge in [0.15, 0.2) is 0 Å². The van der Waals surface area contributed by atoms with E-state index in [-0.39, 0.29) is 6.04 Å². The third kappa shape index (κ3) is 4.03. The van der Waals surface area contributed by atoms with Gasteiger partial charge < -0.3 is 10.2 Å². The molecule has 136 valence electrons. The quantitative estimate of drug-likeness (QED) is 0.871. The van der Waals surface area contributed by atoms with E-state index < -0.39 is 0 Å². The normalized spacial score (nSPS) is 17.0. The van der Waals surface area contributed by atoms with Gasteiger partial charge >= 0.3 is 0 Å². The van der Waals surface area contributed by atoms with Crippen LogP contribution < -0.4 is 10.2 Å². The number of hydrogen-bond acceptors (Lipinski definition) is 4. The van der Waals surface area contributed by atoms with Crippen molar-refractivity contribution in [3.05, 3.63) is 41.5 Å². The highest BCUT2D eigenvalue weighted by Gasteiger charge is 2.23. The number of benzene rings is 1. The van der Waals surface area contributed by atoms with Crippen LogP contribution in [0.3, 0.4) is 0 Å². The molecular weight excluding hydrogens is 310 g/mol. The molecule has 1 fully saturated rings. The molecule has 1 aliphatic heterocycles. The first kappa shape index (κ1) is 17.9. The molecule has 1 aromatic carbocycles. The first-order valence-electron chi connectivity index (χ1n) is 9.55. The molecule has 0 spiro atoms. The standard InChI is InChI=1S/C20H31N5/c1-5-11-25-20(21-14-22-25)17(4)23-18-9-12-24(13-10-18)19-8-6-7-15(2)16(19)3/h6-8,14,17-18,23H,5,9-13H2,1-4H3. The van der Waals surface area contributed by atoms with Gasteiger partial charge in [-0.05, 0) is 57.2 Å². The maximum Gasteiger partial charge on any atom is 0.143 e. The Hall–Kier alpha value is -1.88. The zero-order valence-corrected chi connectivity index (χ0v) is 16.0. The Morgan fingerprint density at radius 1 is 1.24 bits per heavy atom. The molecular formula is C20H31N5. The van der Waals surface area contributed by atoms with Crippen LogP contribution in [0.25, 0.3) is 0 Å². The Morgan fingerprint density at radius 2 is 2.00 bits per heavy atom. The molecule has 1 N–H and O–H groups in total. The average molecular weight is 342 g/mol. The van der Waals surface area contributed by atoms with Crippen LogP contribution in [0, 0.1) is 13.8 Å². The minimum Gasteiger partial charge on any atom is -0.371 e. The molecule has 0 bridgehead atoms. The number of hydrogen-bond donors (Lipinski definition) is 1. The van der Waals surface area contributed by atoms with Gasteiger partial charge in [-0.2, -0.15) is 5.10 Å². The molecule has 1 aromatic heterocycles. The maximum atomic E-state index is 4.46. The van der Waals surface area contributed by atoms with Crippen LogP contribution in [0.5, 0.6) is 0 Å². The summed E-state index contributed by atoms with van der Waals surface area (Å²) in [5, 5.41) is 8.12. The molecule has 0 saturated carbocycles. The SMILES string of the molecule is CCCn1ncnc1C(C)NC1CCN(c2cccc(C)c2C)CC1. The summed E-state index contributed by atoms with van der Waals surface area (Å²) in [4.78, 5) is 7.00. The Morgan fingerprint density at radius 3 is 2.72 bits per heavy atom. The van der Waals surface area contributed by atoms with Gasteiger partial charge in [-0.25, -0.2) is 9.67 Å². The molecule has 5 nitrogen and oxygen atoms in total. The number of anilines is 1. The van der Waals surface area contributed by atoms with Crippen LogP contribution in [-0.4, -0.2) is 33.9 Å². The molecule has 3 rings (SSSR count). The summed E-state index contributed by atoms with van der Waals surface area (Å²) in [6, 6.07) is 7.41. The van der Waals surface area contributed by atoms with E-state index in [0.717, 1.165) is 31.9 Å². The van der Waals surface area contributed by atoms with E-state index in [4.69, 9.17) is 0 Å². The molecule has 5 heteroatoms. The van der Waals surface area contributed by atoms with Gasteiger partial charge in [0.2, 0.25) is 0 Å². The van der Waals surface area contributed by atoms with Crippen molar-refractivity contribution in [1.29, 1.82) is 0 Å². The predicted octanol–water partition coefficient (Wildman–Crippen LogP) is 3.62. The van der Waals surface area contributed by atoms with Crippen molar-refractivity contribution in [2.75, 3.05) is 18.0 Å². The average Bonchev–Trinajstić information content (AvgIpc) is 3.07. The van der Waals surface area contributed by atoms with Gasteiger partial charge in [0, 0.05) is 31.4 Å². The summed E-state index contributed by atoms with van der Waals surface area (Å²) in [6.07, 6.45) is 5.09. The van der Waals surface area contributed by atoms with Crippen LogP contribution in [0.15, 0.2) is 24.5 Å². The van der Waals surface area contributed by atoms with Crippen molar-refractivity contribution in [1.82, 2.24) is 20.1 Å². The van der Waals surface area contributed by atoms with Gasteiger partial charge in [0.05, 0.1) is 6.04 Å². The molecule has 1 unspecified atom stereocenters. The van der Waals surface area contributed by atoms with Gasteiger partial charge in [0.25, 0.3) is 0 Å². The summed E-state index contributed by atoms with van der Waals surface area (Å²) >= 11 is 0. The van der Waals surface area contributed by atoms with E-state index in [1.54, 1.807) is 6.33 Å². The summed E-state index contributed by atoms with van der Waals surface area (Å²) in [5.41, 5.74) is 4.19. The Labute approximate surface area is 151 Å². The molecule has 0 aliphatic carbocycles. The van der Waals surface area contributed by atoms with Crippen molar-refractivity contribution in [3.8, 4) is 0 Å². The van der Waals surface area contributed by atoms with E-state index in [0.29, 0.717) is 6.04 Å². The number of nitrogens with zero attached hydrogens (tertiary/aromatic N) is 4. The second-order valence-corrected chi connectivity index (χ2v) is 7.21. The minimum absolute atomic E-state index is 0.242. The summed E-state index contributed by atoms with van der Waals surface area (Å²) in [6.45, 7) is 12.0. The first-order chi connectivity index (χ1) is 12.1. The van der Waals surface area contributed by atoms with Crippen LogP contribution in [0.2, 0.25) is 0 Å². The van der Waals surface area contributed by atoms with Crippen molar-refractivity contribution in [3.63, 3.8) is 0 Å². The number of aromatic nitrogens is 3. The Kier molecular flexibility index (Phi) is 5.74. The lowest BCUT2D eigenvalue weighted by atomic mass is 10.0. The fourth-order valence-electron chi connectivity index (χ4n) is 3.79. The van der Waals surface area contributed by atoms with E-state index in [9.17, 15) is 0 Å². The van der Waals surface area contributed by atoms with Crippen LogP contribution in [0.4, 0.5) is 5.69 Å². The molecule has 1 saturated heterocycles. The maximum absolute atomic E-state index is 4.46. The van der Waals surface area contributed by atoms with Gasteiger partial charge in [-0.15, -0.1) is 0 Å². The van der Waals surface area contributed by atoms with Gasteiger partial charge in [0.1, 0.15) is 12.2 Å². The third-order valence-electron chi connectivity index (χ3n) is 5.37. The fraction of sp³-hybridized carbons (Fsp3) is 0.600. The molecule has 0 amide bonds. The Bertz CT molecular complexity index is 685. The first-order valence-corrected chi connectivity index (χ1v) is 9.55. The second kappa shape index (κ2) is 8.00. The lowest BCUT2D eigenvalue weighted by molar-refractivity contribution is 0.364. The summed E-state index contributed by atoms with van der Waals surface area (Å²) in [7, 11) is 0. The van der Waals surface area contributed by atoms with Crippen molar-refractivity contribution in [2.45, 2.75) is 65.6 Å². The van der Waals surface area contributed by atoms with Crippen molar-refractivity contribution in [2.24, 2.45) is 0 Å². The van der Waals surface area contributed by atoms with Crippen molar-refractivity contribution < 1.29 is 0 Å². The topological polar surface area (TPSA) is 46.0 Å². The van der Waals surface area contributed by atoms with Gasteiger partial charge in [-0.3, -0.25) is 0 Å². The van der Waals surface area contributed by atoms with Crippen LogP contribution >= 0.6 is 0 Å². The lowest BCUT2D eigenvalue weighted by Gasteiger charge is -2.36. The van der Waals surface area contributed by atoms with Crippen LogP contribution in [0.1, 0.15) is 56.1 Å². The highest BCUT2D eigenvalue weighted by Crippen LogP contribution is 2.26. The minimum atomic E-state index is 0.242. The number of rotatable bonds is 6. The Balaban J connectivity index is 1.57. The molecule has 1 atom stereocenters. The number of piperidine rings is 1. The van der Waals surface area contributed by atoms with E-state index in [2.05, 4.69) is 66.2 Å². The zero-order chi connectivity index (χ0) is 17.8. The van der Waals surface area contributed by atoms with Crippen LogP contribution in [-0.2, 0) is 6.54 Å². The third-order valence-corrected chi connectivity index (χ3v) is 5.37. The lowest BCUT2D eigenvalue weighted by Crippen LogP contribution is -2.44. The smallest absolute Gasteiger partial charge is 0.143 e. The number of nitrogens with one attached hydrogen (secondary N) is 1. The van der Waals surface area contributed by atoms with Gasteiger partial charge in [-0.1, -0.05) is 19.1 Å². The molecule has 2 heterocycles. The largest absolute Gasteiger partial charge is 0.371 e. The monoisotopic (exact) mass is 341 g/mol. The number of aryl methyl sites for hydroxylation is 2. The molecule has 1 aliphatic rings. The second-order valence-electron chi connectivity index (χ2n) is 7.21. The summed E-state index contributed by atoms with van der Waals surface area (Å²) < 4.78 is 2.03. The molecule has 0 radical (unpaired) electrons. The summed E-state index contributed by atoms with van der Waals surface area (Å²) in [5.74, 6) is 1.05. The fourth-order valence-corrected chi connectivity index (χ4v) is 3.79. The van der Waals surface area contributed by atoms with E-state index in [1.165, 1.54) is 29.7 Å². The predicted molar refractivity (Wildman–Crippen MR) is 103 cm³/mol. The molecule has 2 aromatic rings. The van der Waals surface area contributed by atoms with E-state index in [1.807, 2.05) is 4.68 Å². The van der Waals surface area contributed by atoms with E-state index >= 15 is 0 Å². The zero-order valence-electron chi connectivity index (χ0n) is 16.0.